The molecule has 0 saturated heterocycles. The van der Waals surface area contributed by atoms with Gasteiger partial charge in [-0.1, -0.05) is 36.4 Å². The van der Waals surface area contributed by atoms with Gasteiger partial charge in [0, 0.05) is 21.5 Å². The van der Waals surface area contributed by atoms with Gasteiger partial charge in [-0.25, -0.2) is 0 Å². The number of anilines is 2. The Kier molecular flexibility index (Phi) is 5.61. The molecule has 3 aromatic rings. The standard InChI is InChI=1S/C20H17N3OS2/c1-13(26-16-9-5-8-15(22)10-16)19(24)23-20-17(11-21)18(12-25-20)14-6-3-2-4-7-14/h2-10,12-13H,22H2,1H3,(H,23,24). The van der Waals surface area contributed by atoms with Crippen LogP contribution in [0.4, 0.5) is 10.7 Å². The Labute approximate surface area is 160 Å². The molecular formula is C20H17N3OS2. The number of nitrogens with two attached hydrogens (primary N) is 1. The van der Waals surface area contributed by atoms with Crippen molar-refractivity contribution >= 4 is 39.7 Å². The summed E-state index contributed by atoms with van der Waals surface area (Å²) in [6.45, 7) is 1.83. The van der Waals surface area contributed by atoms with Crippen molar-refractivity contribution in [1.29, 1.82) is 5.26 Å². The van der Waals surface area contributed by atoms with E-state index in [1.807, 2.05) is 66.9 Å². The maximum Gasteiger partial charge on any atom is 0.238 e. The number of hydrogen-bond donors (Lipinski definition) is 2. The summed E-state index contributed by atoms with van der Waals surface area (Å²) in [6, 6.07) is 19.3. The largest absolute Gasteiger partial charge is 0.399 e. The van der Waals surface area contributed by atoms with Crippen LogP contribution in [0.2, 0.25) is 0 Å². The third kappa shape index (κ3) is 4.07. The van der Waals surface area contributed by atoms with E-state index in [0.29, 0.717) is 16.3 Å². The maximum atomic E-state index is 12.5. The molecular weight excluding hydrogens is 362 g/mol. The lowest BCUT2D eigenvalue weighted by Gasteiger charge is -2.11. The molecule has 6 heteroatoms. The third-order valence-corrected chi connectivity index (χ3v) is 5.75. The number of benzene rings is 2. The van der Waals surface area contributed by atoms with E-state index < -0.39 is 0 Å². The lowest BCUT2D eigenvalue weighted by molar-refractivity contribution is -0.115. The molecule has 1 amide bonds. The molecule has 0 aliphatic carbocycles. The molecule has 0 aliphatic heterocycles. The van der Waals surface area contributed by atoms with Crippen LogP contribution in [0.5, 0.6) is 0 Å². The Morgan fingerprint density at radius 2 is 2.00 bits per heavy atom. The van der Waals surface area contributed by atoms with E-state index in [0.717, 1.165) is 16.0 Å². The van der Waals surface area contributed by atoms with Gasteiger partial charge >= 0.3 is 0 Å². The highest BCUT2D eigenvalue weighted by Crippen LogP contribution is 2.35. The summed E-state index contributed by atoms with van der Waals surface area (Å²) in [7, 11) is 0. The Morgan fingerprint density at radius 1 is 1.23 bits per heavy atom. The molecule has 0 aliphatic rings. The Balaban J connectivity index is 1.75. The molecule has 1 atom stereocenters. The van der Waals surface area contributed by atoms with Crippen molar-refractivity contribution in [3.8, 4) is 17.2 Å². The van der Waals surface area contributed by atoms with Crippen molar-refractivity contribution in [2.75, 3.05) is 11.1 Å². The molecule has 1 aromatic heterocycles. The van der Waals surface area contributed by atoms with Crippen LogP contribution in [-0.4, -0.2) is 11.2 Å². The molecule has 0 spiro atoms. The first-order valence-electron chi connectivity index (χ1n) is 7.98. The van der Waals surface area contributed by atoms with Crippen LogP contribution in [0.1, 0.15) is 12.5 Å². The van der Waals surface area contributed by atoms with Crippen LogP contribution in [0.3, 0.4) is 0 Å². The number of hydrogen-bond acceptors (Lipinski definition) is 5. The smallest absolute Gasteiger partial charge is 0.238 e. The van der Waals surface area contributed by atoms with Crippen LogP contribution in [0.25, 0.3) is 11.1 Å². The van der Waals surface area contributed by atoms with Crippen LogP contribution in [0, 0.1) is 11.3 Å². The lowest BCUT2D eigenvalue weighted by Crippen LogP contribution is -2.22. The van der Waals surface area contributed by atoms with E-state index in [2.05, 4.69) is 11.4 Å². The first-order valence-corrected chi connectivity index (χ1v) is 9.74. The summed E-state index contributed by atoms with van der Waals surface area (Å²) in [5.41, 5.74) is 8.74. The number of nitrogens with zero attached hydrogens (tertiary/aromatic N) is 1. The summed E-state index contributed by atoms with van der Waals surface area (Å²) in [5.74, 6) is -0.143. The van der Waals surface area contributed by atoms with Crippen molar-refractivity contribution < 1.29 is 4.79 Å². The second-order valence-corrected chi connectivity index (χ2v) is 7.95. The summed E-state index contributed by atoms with van der Waals surface area (Å²) in [4.78, 5) is 13.5. The Morgan fingerprint density at radius 3 is 2.69 bits per heavy atom. The van der Waals surface area contributed by atoms with Crippen LogP contribution < -0.4 is 11.1 Å². The van der Waals surface area contributed by atoms with Crippen molar-refractivity contribution in [3.05, 3.63) is 65.5 Å². The molecule has 2 aromatic carbocycles. The maximum absolute atomic E-state index is 12.5. The number of rotatable bonds is 5. The summed E-state index contributed by atoms with van der Waals surface area (Å²) in [5, 5.41) is 14.6. The minimum Gasteiger partial charge on any atom is -0.399 e. The van der Waals surface area contributed by atoms with Gasteiger partial charge in [-0.15, -0.1) is 23.1 Å². The van der Waals surface area contributed by atoms with Gasteiger partial charge in [-0.2, -0.15) is 5.26 Å². The van der Waals surface area contributed by atoms with E-state index in [-0.39, 0.29) is 11.2 Å². The number of thiophene rings is 1. The topological polar surface area (TPSA) is 78.9 Å². The molecule has 1 heterocycles. The molecule has 0 fully saturated rings. The predicted molar refractivity (Wildman–Crippen MR) is 109 cm³/mol. The zero-order valence-corrected chi connectivity index (χ0v) is 15.7. The monoisotopic (exact) mass is 379 g/mol. The van der Waals surface area contributed by atoms with E-state index in [1.165, 1.54) is 23.1 Å². The average Bonchev–Trinajstić information content (AvgIpc) is 3.05. The van der Waals surface area contributed by atoms with E-state index in [1.54, 1.807) is 0 Å². The van der Waals surface area contributed by atoms with Gasteiger partial charge in [0.05, 0.1) is 10.8 Å². The summed E-state index contributed by atoms with van der Waals surface area (Å²) >= 11 is 2.80. The van der Waals surface area contributed by atoms with Gasteiger partial charge < -0.3 is 11.1 Å². The second-order valence-electron chi connectivity index (χ2n) is 5.65. The van der Waals surface area contributed by atoms with Gasteiger partial charge in [0.25, 0.3) is 0 Å². The van der Waals surface area contributed by atoms with E-state index >= 15 is 0 Å². The molecule has 0 radical (unpaired) electrons. The van der Waals surface area contributed by atoms with Gasteiger partial charge in [-0.3, -0.25) is 4.79 Å². The Bertz CT molecular complexity index is 961. The number of amides is 1. The average molecular weight is 380 g/mol. The first-order chi connectivity index (χ1) is 12.6. The zero-order valence-electron chi connectivity index (χ0n) is 14.1. The number of carbonyl (C=O) groups excluding carboxylic acids is 1. The minimum absolute atomic E-state index is 0.143. The molecule has 130 valence electrons. The quantitative estimate of drug-likeness (QED) is 0.483. The van der Waals surface area contributed by atoms with E-state index in [4.69, 9.17) is 5.73 Å². The summed E-state index contributed by atoms with van der Waals surface area (Å²) in [6.07, 6.45) is 0. The van der Waals surface area contributed by atoms with Crippen LogP contribution in [-0.2, 0) is 4.79 Å². The molecule has 1 unspecified atom stereocenters. The van der Waals surface area contributed by atoms with Crippen molar-refractivity contribution in [2.24, 2.45) is 0 Å². The fourth-order valence-corrected chi connectivity index (χ4v) is 4.31. The number of thioether (sulfide) groups is 1. The van der Waals surface area contributed by atoms with Crippen LogP contribution in [0.15, 0.2) is 64.9 Å². The molecule has 0 saturated carbocycles. The third-order valence-electron chi connectivity index (χ3n) is 3.76. The molecule has 26 heavy (non-hydrogen) atoms. The van der Waals surface area contributed by atoms with Crippen LogP contribution >= 0.6 is 23.1 Å². The zero-order chi connectivity index (χ0) is 18.5. The normalized spacial score (nSPS) is 11.5. The minimum atomic E-state index is -0.314. The molecule has 3 rings (SSSR count). The van der Waals surface area contributed by atoms with Gasteiger partial charge in [0.1, 0.15) is 11.1 Å². The SMILES string of the molecule is CC(Sc1cccc(N)c1)C(=O)Nc1scc(-c2ccccc2)c1C#N. The van der Waals surface area contributed by atoms with Gasteiger partial charge in [0.15, 0.2) is 0 Å². The first kappa shape index (κ1) is 18.1. The van der Waals surface area contributed by atoms with Crippen molar-refractivity contribution in [3.63, 3.8) is 0 Å². The van der Waals surface area contributed by atoms with E-state index in [9.17, 15) is 10.1 Å². The Hall–Kier alpha value is -2.75. The lowest BCUT2D eigenvalue weighted by atomic mass is 10.1. The number of nitrogens with one attached hydrogen (secondary N) is 1. The molecule has 0 bridgehead atoms. The fourth-order valence-electron chi connectivity index (χ4n) is 2.45. The molecule has 4 nitrogen and oxygen atoms in total. The highest BCUT2D eigenvalue weighted by atomic mass is 32.2. The second kappa shape index (κ2) is 8.09. The van der Waals surface area contributed by atoms with Crippen molar-refractivity contribution in [2.45, 2.75) is 17.1 Å². The highest BCUT2D eigenvalue weighted by Gasteiger charge is 2.19. The summed E-state index contributed by atoms with van der Waals surface area (Å²) < 4.78 is 0. The number of nitriles is 1. The van der Waals surface area contributed by atoms with Gasteiger partial charge in [-0.05, 0) is 30.7 Å². The fraction of sp³-hybridized carbons (Fsp3) is 0.100. The van der Waals surface area contributed by atoms with Gasteiger partial charge in [0.2, 0.25) is 5.91 Å². The highest BCUT2D eigenvalue weighted by molar-refractivity contribution is 8.00. The number of carbonyl (C=O) groups is 1. The molecule has 3 N–H and O–H groups in total. The predicted octanol–water partition coefficient (Wildman–Crippen LogP) is 4.99. The van der Waals surface area contributed by atoms with Crippen molar-refractivity contribution in [1.82, 2.24) is 0 Å². The number of nitrogen functional groups attached to an aromatic ring is 1.